The van der Waals surface area contributed by atoms with Crippen LogP contribution >= 0.6 is 0 Å². The number of rotatable bonds is 3. The number of halogens is 3. The van der Waals surface area contributed by atoms with Gasteiger partial charge in [-0.2, -0.15) is 0 Å². The standard InChI is InChI=1S/C10H13AsF3Si/c1-4-15(2,3)11-8-5-7(12)6-9(13)10(8)14/h5-6H,4H2,1-3H3. The Balaban J connectivity index is 3.05. The first-order valence-electron chi connectivity index (χ1n) is 4.73. The van der Waals surface area contributed by atoms with Gasteiger partial charge in [-0.15, -0.1) is 0 Å². The Morgan fingerprint density at radius 1 is 1.20 bits per heavy atom. The normalized spacial score (nSPS) is 12.7. The zero-order valence-corrected chi connectivity index (χ0v) is 11.8. The van der Waals surface area contributed by atoms with Gasteiger partial charge in [-0.05, 0) is 0 Å². The Morgan fingerprint density at radius 2 is 1.80 bits per heavy atom. The molecule has 0 unspecified atom stereocenters. The topological polar surface area (TPSA) is 0 Å². The molecule has 0 spiro atoms. The molecule has 0 aliphatic carbocycles. The van der Waals surface area contributed by atoms with Crippen molar-refractivity contribution in [3.05, 3.63) is 29.6 Å². The Bertz CT molecular complexity index is 366. The summed E-state index contributed by atoms with van der Waals surface area (Å²) in [6.45, 7) is 4.82. The molecule has 0 heterocycles. The average Bonchev–Trinajstić information content (AvgIpc) is 2.13. The molecule has 1 aromatic rings. The van der Waals surface area contributed by atoms with E-state index in [-0.39, 0.29) is 4.35 Å². The molecule has 0 atom stereocenters. The predicted octanol–water partition coefficient (Wildman–Crippen LogP) is 2.66. The van der Waals surface area contributed by atoms with E-state index >= 15 is 0 Å². The molecule has 0 saturated carbocycles. The summed E-state index contributed by atoms with van der Waals surface area (Å²) < 4.78 is 39.5. The van der Waals surface area contributed by atoms with Gasteiger partial charge in [-0.3, -0.25) is 0 Å². The third-order valence-corrected chi connectivity index (χ3v) is 12.8. The maximum absolute atomic E-state index is 13.4. The molecule has 0 N–H and O–H groups in total. The molecule has 0 amide bonds. The summed E-state index contributed by atoms with van der Waals surface area (Å²) in [6, 6.07) is 2.74. The fourth-order valence-corrected chi connectivity index (χ4v) is 8.61. The van der Waals surface area contributed by atoms with Crippen molar-refractivity contribution in [2.75, 3.05) is 0 Å². The van der Waals surface area contributed by atoms with E-state index in [1.807, 2.05) is 0 Å². The van der Waals surface area contributed by atoms with Gasteiger partial charge in [0.15, 0.2) is 0 Å². The van der Waals surface area contributed by atoms with Crippen LogP contribution in [0.25, 0.3) is 0 Å². The molecule has 0 bridgehead atoms. The van der Waals surface area contributed by atoms with Gasteiger partial charge >= 0.3 is 94.8 Å². The second kappa shape index (κ2) is 4.75. The second-order valence-electron chi connectivity index (χ2n) is 4.00. The van der Waals surface area contributed by atoms with Crippen LogP contribution in [0.15, 0.2) is 12.1 Å². The molecule has 83 valence electrons. The molecule has 1 rings (SSSR count). The molecule has 5 heteroatoms. The van der Waals surface area contributed by atoms with Crippen LogP contribution in [0.2, 0.25) is 19.1 Å². The molecule has 0 aromatic heterocycles. The van der Waals surface area contributed by atoms with E-state index in [1.54, 1.807) is 0 Å². The van der Waals surface area contributed by atoms with Crippen LogP contribution in [-0.4, -0.2) is 21.6 Å². The molecule has 15 heavy (non-hydrogen) atoms. The molecule has 0 aliphatic heterocycles. The quantitative estimate of drug-likeness (QED) is 0.594. The molecule has 0 nitrogen and oxygen atoms in total. The van der Waals surface area contributed by atoms with Gasteiger partial charge in [0, 0.05) is 0 Å². The maximum atomic E-state index is 13.4. The second-order valence-corrected chi connectivity index (χ2v) is 18.6. The van der Waals surface area contributed by atoms with E-state index in [0.29, 0.717) is 6.07 Å². The Morgan fingerprint density at radius 3 is 2.33 bits per heavy atom. The van der Waals surface area contributed by atoms with Gasteiger partial charge < -0.3 is 0 Å². The minimum atomic E-state index is -1.47. The predicted molar refractivity (Wildman–Crippen MR) is 59.7 cm³/mol. The van der Waals surface area contributed by atoms with Crippen molar-refractivity contribution >= 4 is 26.0 Å². The summed E-state index contributed by atoms with van der Waals surface area (Å²) in [5.41, 5.74) is 0. The first kappa shape index (κ1) is 12.9. The summed E-state index contributed by atoms with van der Waals surface area (Å²) in [5, 5.41) is 0. The van der Waals surface area contributed by atoms with Crippen LogP contribution in [0.1, 0.15) is 6.92 Å². The van der Waals surface area contributed by atoms with Crippen LogP contribution in [0.5, 0.6) is 0 Å². The molecular formula is C10H13AsF3Si. The van der Waals surface area contributed by atoms with E-state index < -0.39 is 39.1 Å². The van der Waals surface area contributed by atoms with Gasteiger partial charge in [0.25, 0.3) is 0 Å². The van der Waals surface area contributed by atoms with Crippen molar-refractivity contribution in [1.82, 2.24) is 0 Å². The summed E-state index contributed by atoms with van der Waals surface area (Å²) in [7, 11) is 0. The van der Waals surface area contributed by atoms with Crippen molar-refractivity contribution in [1.29, 1.82) is 0 Å². The summed E-state index contributed by atoms with van der Waals surface area (Å²) in [5.74, 6) is -2.60. The van der Waals surface area contributed by atoms with E-state index in [1.165, 1.54) is 0 Å². The van der Waals surface area contributed by atoms with E-state index in [4.69, 9.17) is 0 Å². The third-order valence-electron chi connectivity index (χ3n) is 2.26. The first-order valence-corrected chi connectivity index (χ1v) is 11.6. The first-order chi connectivity index (χ1) is 6.85. The average molecular weight is 293 g/mol. The Kier molecular flexibility index (Phi) is 4.07. The van der Waals surface area contributed by atoms with Crippen LogP contribution in [-0.2, 0) is 0 Å². The van der Waals surface area contributed by atoms with Crippen molar-refractivity contribution in [2.45, 2.75) is 26.1 Å². The van der Waals surface area contributed by atoms with Crippen molar-refractivity contribution in [3.63, 3.8) is 0 Å². The minimum absolute atomic E-state index is 0.266. The molecule has 0 fully saturated rings. The molecular weight excluding hydrogens is 280 g/mol. The van der Waals surface area contributed by atoms with Crippen molar-refractivity contribution in [3.8, 4) is 0 Å². The zero-order valence-electron chi connectivity index (χ0n) is 8.94. The van der Waals surface area contributed by atoms with Crippen LogP contribution in [0.3, 0.4) is 0 Å². The van der Waals surface area contributed by atoms with Gasteiger partial charge in [-0.25, -0.2) is 0 Å². The summed E-state index contributed by atoms with van der Waals surface area (Å²) in [6.07, 6.45) is 0. The van der Waals surface area contributed by atoms with Gasteiger partial charge in [0.1, 0.15) is 0 Å². The molecule has 1 aromatic carbocycles. The third kappa shape index (κ3) is 3.38. The van der Waals surface area contributed by atoms with E-state index in [9.17, 15) is 13.2 Å². The fraction of sp³-hybridized carbons (Fsp3) is 0.400. The van der Waals surface area contributed by atoms with E-state index in [2.05, 4.69) is 20.0 Å². The van der Waals surface area contributed by atoms with Crippen LogP contribution in [0, 0.1) is 17.5 Å². The number of benzene rings is 1. The Labute approximate surface area is 95.0 Å². The van der Waals surface area contributed by atoms with E-state index in [0.717, 1.165) is 12.1 Å². The molecule has 0 aliphatic rings. The zero-order chi connectivity index (χ0) is 11.6. The van der Waals surface area contributed by atoms with Crippen molar-refractivity contribution in [2.24, 2.45) is 0 Å². The van der Waals surface area contributed by atoms with Gasteiger partial charge in [0.05, 0.1) is 0 Å². The Hall–Kier alpha value is -0.215. The monoisotopic (exact) mass is 293 g/mol. The van der Waals surface area contributed by atoms with Crippen molar-refractivity contribution < 1.29 is 13.2 Å². The molecule has 1 radical (unpaired) electrons. The molecule has 0 saturated heterocycles. The fourth-order valence-electron chi connectivity index (χ4n) is 1.03. The number of hydrogen-bond donors (Lipinski definition) is 0. The van der Waals surface area contributed by atoms with Gasteiger partial charge in [-0.1, -0.05) is 0 Å². The number of hydrogen-bond acceptors (Lipinski definition) is 0. The summed E-state index contributed by atoms with van der Waals surface area (Å²) >= 11 is -0.433. The van der Waals surface area contributed by atoms with Gasteiger partial charge in [0.2, 0.25) is 0 Å². The SMILES string of the molecule is CC[Si](C)(C)[As]c1cc(F)cc(F)c1F. The van der Waals surface area contributed by atoms with Crippen LogP contribution < -0.4 is 4.35 Å². The van der Waals surface area contributed by atoms with Crippen LogP contribution in [0.4, 0.5) is 13.2 Å². The summed E-state index contributed by atoms with van der Waals surface area (Å²) in [4.78, 5) is 0.